The lowest BCUT2D eigenvalue weighted by atomic mass is 10.2. The summed E-state index contributed by atoms with van der Waals surface area (Å²) >= 11 is 5.69. The van der Waals surface area contributed by atoms with Crippen LogP contribution < -0.4 is 5.73 Å². The van der Waals surface area contributed by atoms with E-state index in [1.54, 1.807) is 6.08 Å². The Bertz CT molecular complexity index is 231. The maximum absolute atomic E-state index is 5.69. The maximum Gasteiger partial charge on any atom is 0.109 e. The lowest BCUT2D eigenvalue weighted by Gasteiger charge is -2.00. The molecule has 0 saturated carbocycles. The first kappa shape index (κ1) is 7.38. The van der Waals surface area contributed by atoms with Gasteiger partial charge >= 0.3 is 0 Å². The molecule has 0 bridgehead atoms. The number of rotatable bonds is 2. The molecule has 1 aromatic heterocycles. The largest absolute Gasteiger partial charge is 0.471 e. The molecule has 0 aliphatic carbocycles. The molecule has 0 aromatic carbocycles. The molecule has 1 atom stereocenters. The SMILES string of the molecule is C=C[C@H](N)c1cocc1Cl. The summed E-state index contributed by atoms with van der Waals surface area (Å²) in [6, 6.07) is -0.230. The molecule has 0 aliphatic heterocycles. The normalized spacial score (nSPS) is 13.0. The van der Waals surface area contributed by atoms with Crippen LogP contribution in [0.2, 0.25) is 5.02 Å². The third-order valence-electron chi connectivity index (χ3n) is 1.26. The lowest BCUT2D eigenvalue weighted by Crippen LogP contribution is -2.05. The van der Waals surface area contributed by atoms with Crippen molar-refractivity contribution >= 4 is 11.6 Å². The highest BCUT2D eigenvalue weighted by Crippen LogP contribution is 2.22. The van der Waals surface area contributed by atoms with Crippen LogP contribution in [-0.2, 0) is 0 Å². The van der Waals surface area contributed by atoms with Crippen molar-refractivity contribution in [2.24, 2.45) is 5.73 Å². The highest BCUT2D eigenvalue weighted by molar-refractivity contribution is 6.31. The van der Waals surface area contributed by atoms with E-state index in [4.69, 9.17) is 21.8 Å². The van der Waals surface area contributed by atoms with Gasteiger partial charge in [-0.3, -0.25) is 0 Å². The monoisotopic (exact) mass is 157 g/mol. The van der Waals surface area contributed by atoms with E-state index in [9.17, 15) is 0 Å². The summed E-state index contributed by atoms with van der Waals surface area (Å²) in [5.74, 6) is 0. The molecule has 3 heteroatoms. The van der Waals surface area contributed by atoms with Crippen molar-refractivity contribution in [2.45, 2.75) is 6.04 Å². The molecule has 1 aromatic rings. The average molecular weight is 158 g/mol. The molecule has 0 radical (unpaired) electrons. The van der Waals surface area contributed by atoms with Crippen molar-refractivity contribution in [3.63, 3.8) is 0 Å². The summed E-state index contributed by atoms with van der Waals surface area (Å²) in [7, 11) is 0. The second-order valence-corrected chi connectivity index (χ2v) is 2.34. The number of nitrogens with two attached hydrogens (primary N) is 1. The van der Waals surface area contributed by atoms with Gasteiger partial charge < -0.3 is 10.2 Å². The molecule has 0 amide bonds. The summed E-state index contributed by atoms with van der Waals surface area (Å²) in [6.07, 6.45) is 4.58. The Labute approximate surface area is 64.3 Å². The smallest absolute Gasteiger partial charge is 0.109 e. The van der Waals surface area contributed by atoms with Gasteiger partial charge in [0.05, 0.1) is 17.3 Å². The van der Waals surface area contributed by atoms with Gasteiger partial charge in [0.25, 0.3) is 0 Å². The van der Waals surface area contributed by atoms with Crippen LogP contribution in [0.15, 0.2) is 29.6 Å². The predicted molar refractivity (Wildman–Crippen MR) is 40.8 cm³/mol. The molecule has 0 unspecified atom stereocenters. The van der Waals surface area contributed by atoms with Gasteiger partial charge in [-0.15, -0.1) is 6.58 Å². The second-order valence-electron chi connectivity index (χ2n) is 1.94. The number of halogens is 1. The van der Waals surface area contributed by atoms with E-state index in [0.717, 1.165) is 5.56 Å². The molecule has 1 rings (SSSR count). The molecular weight excluding hydrogens is 150 g/mol. The minimum Gasteiger partial charge on any atom is -0.471 e. The van der Waals surface area contributed by atoms with E-state index >= 15 is 0 Å². The Morgan fingerprint density at radius 3 is 2.80 bits per heavy atom. The molecule has 0 saturated heterocycles. The Kier molecular flexibility index (Phi) is 2.14. The van der Waals surface area contributed by atoms with Gasteiger partial charge in [0.15, 0.2) is 0 Å². The molecule has 2 nitrogen and oxygen atoms in total. The summed E-state index contributed by atoms with van der Waals surface area (Å²) in [5, 5.41) is 0.549. The van der Waals surface area contributed by atoms with Crippen LogP contribution >= 0.6 is 11.6 Å². The van der Waals surface area contributed by atoms with Gasteiger partial charge in [-0.05, 0) is 0 Å². The maximum atomic E-state index is 5.69. The molecule has 1 heterocycles. The zero-order chi connectivity index (χ0) is 7.56. The minimum absolute atomic E-state index is 0.230. The summed E-state index contributed by atoms with van der Waals surface area (Å²) in [4.78, 5) is 0. The fourth-order valence-electron chi connectivity index (χ4n) is 0.656. The van der Waals surface area contributed by atoms with Gasteiger partial charge in [-0.2, -0.15) is 0 Å². The van der Waals surface area contributed by atoms with Crippen molar-refractivity contribution in [3.8, 4) is 0 Å². The topological polar surface area (TPSA) is 39.2 Å². The first-order valence-corrected chi connectivity index (χ1v) is 3.23. The van der Waals surface area contributed by atoms with Crippen LogP contribution in [0.3, 0.4) is 0 Å². The zero-order valence-electron chi connectivity index (χ0n) is 5.38. The first-order valence-electron chi connectivity index (χ1n) is 2.85. The highest BCUT2D eigenvalue weighted by Gasteiger charge is 2.07. The van der Waals surface area contributed by atoms with E-state index < -0.39 is 0 Å². The van der Waals surface area contributed by atoms with Crippen LogP contribution in [0.1, 0.15) is 11.6 Å². The minimum atomic E-state index is -0.230. The van der Waals surface area contributed by atoms with Crippen molar-refractivity contribution in [1.82, 2.24) is 0 Å². The van der Waals surface area contributed by atoms with Gasteiger partial charge in [-0.25, -0.2) is 0 Å². The van der Waals surface area contributed by atoms with Crippen molar-refractivity contribution in [2.75, 3.05) is 0 Å². The van der Waals surface area contributed by atoms with Crippen LogP contribution in [0, 0.1) is 0 Å². The van der Waals surface area contributed by atoms with E-state index in [2.05, 4.69) is 6.58 Å². The fraction of sp³-hybridized carbons (Fsp3) is 0.143. The Morgan fingerprint density at radius 2 is 2.40 bits per heavy atom. The fourth-order valence-corrected chi connectivity index (χ4v) is 0.878. The van der Waals surface area contributed by atoms with E-state index in [-0.39, 0.29) is 6.04 Å². The Morgan fingerprint density at radius 1 is 1.70 bits per heavy atom. The van der Waals surface area contributed by atoms with Crippen LogP contribution in [0.4, 0.5) is 0 Å². The van der Waals surface area contributed by atoms with Crippen LogP contribution in [-0.4, -0.2) is 0 Å². The molecule has 0 spiro atoms. The third-order valence-corrected chi connectivity index (χ3v) is 1.56. The van der Waals surface area contributed by atoms with Gasteiger partial charge in [-0.1, -0.05) is 17.7 Å². The van der Waals surface area contributed by atoms with Crippen LogP contribution in [0.5, 0.6) is 0 Å². The van der Waals surface area contributed by atoms with E-state index in [1.807, 2.05) is 0 Å². The Balaban J connectivity index is 2.92. The third kappa shape index (κ3) is 1.23. The summed E-state index contributed by atoms with van der Waals surface area (Å²) < 4.78 is 4.81. The molecule has 0 aliphatic rings. The van der Waals surface area contributed by atoms with Gasteiger partial charge in [0.1, 0.15) is 6.26 Å². The van der Waals surface area contributed by atoms with E-state index in [0.29, 0.717) is 5.02 Å². The molecule has 10 heavy (non-hydrogen) atoms. The van der Waals surface area contributed by atoms with E-state index in [1.165, 1.54) is 12.5 Å². The van der Waals surface area contributed by atoms with Crippen molar-refractivity contribution < 1.29 is 4.42 Å². The average Bonchev–Trinajstić information content (AvgIpc) is 2.34. The second kappa shape index (κ2) is 2.90. The quantitative estimate of drug-likeness (QED) is 0.668. The predicted octanol–water partition coefficient (Wildman–Crippen LogP) is 2.12. The molecule has 0 fully saturated rings. The first-order chi connectivity index (χ1) is 4.75. The van der Waals surface area contributed by atoms with Gasteiger partial charge in [0.2, 0.25) is 0 Å². The summed E-state index contributed by atoms with van der Waals surface area (Å²) in [5.41, 5.74) is 6.35. The lowest BCUT2D eigenvalue weighted by molar-refractivity contribution is 0.562. The Hall–Kier alpha value is -0.730. The standard InChI is InChI=1S/C7H8ClNO/c1-2-7(9)5-3-10-4-6(5)8/h2-4,7H,1,9H2/t7-/m0/s1. The number of hydrogen-bond acceptors (Lipinski definition) is 2. The number of furan rings is 1. The molecular formula is C7H8ClNO. The highest BCUT2D eigenvalue weighted by atomic mass is 35.5. The van der Waals surface area contributed by atoms with Gasteiger partial charge in [0, 0.05) is 5.56 Å². The summed E-state index contributed by atoms with van der Waals surface area (Å²) in [6.45, 7) is 3.53. The van der Waals surface area contributed by atoms with Crippen LogP contribution in [0.25, 0.3) is 0 Å². The van der Waals surface area contributed by atoms with Crippen molar-refractivity contribution in [3.05, 3.63) is 35.8 Å². The molecule has 54 valence electrons. The van der Waals surface area contributed by atoms with Crippen molar-refractivity contribution in [1.29, 1.82) is 0 Å². The molecule has 2 N–H and O–H groups in total. The zero-order valence-corrected chi connectivity index (χ0v) is 6.14. The number of hydrogen-bond donors (Lipinski definition) is 1.